The summed E-state index contributed by atoms with van der Waals surface area (Å²) in [7, 11) is 0. The molecule has 8 heteroatoms. The zero-order valence-electron chi connectivity index (χ0n) is 15.7. The molecule has 0 aliphatic carbocycles. The largest absolute Gasteiger partial charge is 0.447 e. The highest BCUT2D eigenvalue weighted by Crippen LogP contribution is 2.28. The Morgan fingerprint density at radius 2 is 1.89 bits per heavy atom. The average molecular weight is 416 g/mol. The van der Waals surface area contributed by atoms with E-state index in [2.05, 4.69) is 9.97 Å². The maximum Gasteiger partial charge on any atom is 0.317 e. The van der Waals surface area contributed by atoms with Gasteiger partial charge in [-0.25, -0.2) is 9.97 Å². The van der Waals surface area contributed by atoms with Crippen LogP contribution in [0.1, 0.15) is 25.5 Å². The number of carbonyl (C=O) groups excluding carboxylic acids is 2. The van der Waals surface area contributed by atoms with E-state index in [1.807, 2.05) is 43.5 Å². The maximum atomic E-state index is 12.9. The molecule has 1 aromatic carbocycles. The molecule has 0 saturated heterocycles. The van der Waals surface area contributed by atoms with E-state index >= 15 is 0 Å². The predicted molar refractivity (Wildman–Crippen MR) is 111 cm³/mol. The fraction of sp³-hybridized carbons (Fsp3) is 0.300. The van der Waals surface area contributed by atoms with Crippen molar-refractivity contribution in [2.45, 2.75) is 25.0 Å². The Kier molecular flexibility index (Phi) is 7.00. The number of hydrogen-bond acceptors (Lipinski definition) is 7. The fourth-order valence-electron chi connectivity index (χ4n) is 2.77. The van der Waals surface area contributed by atoms with Crippen molar-refractivity contribution in [1.82, 2.24) is 14.9 Å². The van der Waals surface area contributed by atoms with Crippen LogP contribution in [0.3, 0.4) is 0 Å². The molecule has 0 unspecified atom stereocenters. The molecule has 28 heavy (non-hydrogen) atoms. The summed E-state index contributed by atoms with van der Waals surface area (Å²) in [6.07, 6.45) is 0.546. The summed E-state index contributed by atoms with van der Waals surface area (Å²) in [6, 6.07) is 11.0. The lowest BCUT2D eigenvalue weighted by molar-refractivity contribution is -0.158. The Bertz CT molecular complexity index is 942. The normalized spacial score (nSPS) is 11.9. The molecule has 2 aromatic heterocycles. The molecule has 6 nitrogen and oxygen atoms in total. The Labute approximate surface area is 171 Å². The highest BCUT2D eigenvalue weighted by atomic mass is 32.2. The van der Waals surface area contributed by atoms with Gasteiger partial charge in [0.2, 0.25) is 6.10 Å². The number of carbonyl (C=O) groups is 2. The van der Waals surface area contributed by atoms with Gasteiger partial charge in [0.15, 0.2) is 0 Å². The first kappa shape index (κ1) is 20.3. The quantitative estimate of drug-likeness (QED) is 0.315. The van der Waals surface area contributed by atoms with Crippen LogP contribution in [0, 0.1) is 0 Å². The van der Waals surface area contributed by atoms with Crippen molar-refractivity contribution in [2.75, 3.05) is 18.8 Å². The second-order valence-electron chi connectivity index (χ2n) is 5.90. The van der Waals surface area contributed by atoms with Crippen LogP contribution in [0.2, 0.25) is 0 Å². The zero-order valence-corrected chi connectivity index (χ0v) is 17.3. The van der Waals surface area contributed by atoms with Gasteiger partial charge in [-0.15, -0.1) is 11.3 Å². The lowest BCUT2D eigenvalue weighted by Gasteiger charge is -2.25. The van der Waals surface area contributed by atoms with Crippen LogP contribution in [0.25, 0.3) is 10.2 Å². The van der Waals surface area contributed by atoms with E-state index in [1.165, 1.54) is 29.4 Å². The number of ether oxygens (including phenoxy) is 1. The molecule has 0 radical (unpaired) electrons. The molecule has 0 fully saturated rings. The first-order valence-electron chi connectivity index (χ1n) is 8.98. The number of fused-ring (bicyclic) bond motifs is 1. The number of esters is 1. The molecule has 0 aliphatic rings. The molecule has 0 bridgehead atoms. The third-order valence-electron chi connectivity index (χ3n) is 4.20. The van der Waals surface area contributed by atoms with Crippen LogP contribution in [-0.4, -0.2) is 45.6 Å². The van der Waals surface area contributed by atoms with Gasteiger partial charge in [0.05, 0.1) is 5.75 Å². The molecule has 0 spiro atoms. The number of thioether (sulfide) groups is 1. The van der Waals surface area contributed by atoms with Gasteiger partial charge in [-0.05, 0) is 25.3 Å². The van der Waals surface area contributed by atoms with E-state index in [0.717, 1.165) is 15.2 Å². The summed E-state index contributed by atoms with van der Waals surface area (Å²) in [6.45, 7) is 4.93. The number of aromatic nitrogens is 2. The number of nitrogens with zero attached hydrogens (tertiary/aromatic N) is 3. The van der Waals surface area contributed by atoms with Crippen LogP contribution in [0.4, 0.5) is 0 Å². The predicted octanol–water partition coefficient (Wildman–Crippen LogP) is 3.94. The van der Waals surface area contributed by atoms with Gasteiger partial charge in [0.1, 0.15) is 16.2 Å². The molecule has 146 valence electrons. The van der Waals surface area contributed by atoms with Gasteiger partial charge in [-0.3, -0.25) is 9.59 Å². The van der Waals surface area contributed by atoms with Crippen LogP contribution >= 0.6 is 23.1 Å². The van der Waals surface area contributed by atoms with E-state index in [4.69, 9.17) is 4.74 Å². The number of rotatable bonds is 8. The first-order valence-corrected chi connectivity index (χ1v) is 10.8. The van der Waals surface area contributed by atoms with Gasteiger partial charge < -0.3 is 9.64 Å². The highest BCUT2D eigenvalue weighted by Gasteiger charge is 2.28. The molecule has 3 aromatic rings. The van der Waals surface area contributed by atoms with Crippen molar-refractivity contribution in [2.24, 2.45) is 0 Å². The van der Waals surface area contributed by atoms with E-state index in [0.29, 0.717) is 18.7 Å². The topological polar surface area (TPSA) is 72.4 Å². The standard InChI is InChI=1S/C20H21N3O3S2/c1-3-23(4-2)20(25)17(14-8-6-5-7-9-14)26-16(24)12-28-19-15-10-11-27-18(15)21-13-22-19/h5-11,13,17H,3-4,12H2,1-2H3/t17-/m1/s1. The maximum absolute atomic E-state index is 12.9. The SMILES string of the molecule is CCN(CC)C(=O)[C@H](OC(=O)CSc1ncnc2sccc12)c1ccccc1. The number of thiophene rings is 1. The zero-order chi connectivity index (χ0) is 19.9. The molecule has 0 saturated carbocycles. The molecular formula is C20H21N3O3S2. The minimum atomic E-state index is -0.944. The minimum absolute atomic E-state index is 0.0663. The Balaban J connectivity index is 1.72. The molecule has 1 atom stereocenters. The lowest BCUT2D eigenvalue weighted by atomic mass is 10.1. The van der Waals surface area contributed by atoms with Crippen LogP contribution in [0.15, 0.2) is 53.1 Å². The Hall–Kier alpha value is -2.45. The van der Waals surface area contributed by atoms with Gasteiger partial charge in [-0.1, -0.05) is 42.1 Å². The van der Waals surface area contributed by atoms with E-state index in [1.54, 1.807) is 17.0 Å². The number of amides is 1. The van der Waals surface area contributed by atoms with Gasteiger partial charge in [0, 0.05) is 24.0 Å². The lowest BCUT2D eigenvalue weighted by Crippen LogP contribution is -2.37. The second-order valence-corrected chi connectivity index (χ2v) is 7.76. The molecular weight excluding hydrogens is 394 g/mol. The summed E-state index contributed by atoms with van der Waals surface area (Å²) in [4.78, 5) is 36.4. The number of benzene rings is 1. The Morgan fingerprint density at radius 1 is 1.14 bits per heavy atom. The summed E-state index contributed by atoms with van der Waals surface area (Å²) in [5.41, 5.74) is 0.667. The molecule has 0 N–H and O–H groups in total. The highest BCUT2D eigenvalue weighted by molar-refractivity contribution is 8.00. The van der Waals surface area contributed by atoms with Crippen molar-refractivity contribution >= 4 is 45.2 Å². The van der Waals surface area contributed by atoms with Crippen molar-refractivity contribution in [3.63, 3.8) is 0 Å². The minimum Gasteiger partial charge on any atom is -0.447 e. The average Bonchev–Trinajstić information content (AvgIpc) is 3.21. The summed E-state index contributed by atoms with van der Waals surface area (Å²) in [5.74, 6) is -0.602. The number of likely N-dealkylation sites (N-methyl/N-ethyl adjacent to an activating group) is 1. The van der Waals surface area contributed by atoms with Crippen molar-refractivity contribution in [3.05, 3.63) is 53.7 Å². The van der Waals surface area contributed by atoms with Crippen molar-refractivity contribution < 1.29 is 14.3 Å². The fourth-order valence-corrected chi connectivity index (χ4v) is 4.33. The van der Waals surface area contributed by atoms with Crippen LogP contribution < -0.4 is 0 Å². The monoisotopic (exact) mass is 415 g/mol. The first-order chi connectivity index (χ1) is 13.6. The summed E-state index contributed by atoms with van der Waals surface area (Å²) >= 11 is 2.81. The van der Waals surface area contributed by atoms with Crippen LogP contribution in [-0.2, 0) is 14.3 Å². The van der Waals surface area contributed by atoms with Gasteiger partial charge in [-0.2, -0.15) is 0 Å². The van der Waals surface area contributed by atoms with E-state index in [9.17, 15) is 9.59 Å². The van der Waals surface area contributed by atoms with Crippen molar-refractivity contribution in [1.29, 1.82) is 0 Å². The van der Waals surface area contributed by atoms with Crippen molar-refractivity contribution in [3.8, 4) is 0 Å². The summed E-state index contributed by atoms with van der Waals surface area (Å²) in [5, 5.41) is 3.59. The molecule has 2 heterocycles. The number of hydrogen-bond donors (Lipinski definition) is 0. The van der Waals surface area contributed by atoms with E-state index in [-0.39, 0.29) is 11.7 Å². The molecule has 3 rings (SSSR count). The third-order valence-corrected chi connectivity index (χ3v) is 6.00. The molecule has 0 aliphatic heterocycles. The Morgan fingerprint density at radius 3 is 2.61 bits per heavy atom. The van der Waals surface area contributed by atoms with Crippen LogP contribution in [0.5, 0.6) is 0 Å². The third kappa shape index (κ3) is 4.69. The molecule has 1 amide bonds. The second kappa shape index (κ2) is 9.66. The summed E-state index contributed by atoms with van der Waals surface area (Å²) < 4.78 is 5.61. The smallest absolute Gasteiger partial charge is 0.317 e. The van der Waals surface area contributed by atoms with Gasteiger partial charge in [0.25, 0.3) is 5.91 Å². The van der Waals surface area contributed by atoms with E-state index < -0.39 is 12.1 Å². The van der Waals surface area contributed by atoms with Gasteiger partial charge >= 0.3 is 5.97 Å².